The number of ether oxygens (including phenoxy) is 1. The summed E-state index contributed by atoms with van der Waals surface area (Å²) in [5, 5.41) is 7.00. The molecule has 0 aliphatic carbocycles. The Morgan fingerprint density at radius 1 is 1.24 bits per heavy atom. The highest BCUT2D eigenvalue weighted by Gasteiger charge is 2.10. The molecule has 1 aromatic heterocycles. The van der Waals surface area contributed by atoms with Gasteiger partial charge >= 0.3 is 0 Å². The van der Waals surface area contributed by atoms with E-state index in [1.165, 1.54) is 6.33 Å². The van der Waals surface area contributed by atoms with E-state index in [0.717, 1.165) is 5.69 Å². The lowest BCUT2D eigenvalue weighted by Gasteiger charge is -2.16. The van der Waals surface area contributed by atoms with Crippen molar-refractivity contribution < 1.29 is 4.74 Å². The summed E-state index contributed by atoms with van der Waals surface area (Å²) in [6, 6.07) is 7.38. The molecule has 1 atom stereocenters. The average Bonchev–Trinajstić information content (AvgIpc) is 2.46. The number of hydrogen-bond donors (Lipinski definition) is 3. The van der Waals surface area contributed by atoms with E-state index < -0.39 is 0 Å². The SMILES string of the molecule is COCC(C)Nc1ncnc(Nc2ccc(Cl)cc2)c1N. The molecular weight excluding hydrogens is 290 g/mol. The van der Waals surface area contributed by atoms with Gasteiger partial charge in [-0.3, -0.25) is 0 Å². The van der Waals surface area contributed by atoms with E-state index in [2.05, 4.69) is 20.6 Å². The highest BCUT2D eigenvalue weighted by molar-refractivity contribution is 6.30. The molecule has 7 heteroatoms. The Bertz CT molecular complexity index is 590. The molecule has 21 heavy (non-hydrogen) atoms. The fourth-order valence-corrected chi connectivity index (χ4v) is 1.93. The van der Waals surface area contributed by atoms with E-state index in [9.17, 15) is 0 Å². The van der Waals surface area contributed by atoms with E-state index in [-0.39, 0.29) is 6.04 Å². The number of nitrogens with one attached hydrogen (secondary N) is 2. The van der Waals surface area contributed by atoms with Crippen LogP contribution in [-0.2, 0) is 4.74 Å². The molecule has 0 saturated carbocycles. The van der Waals surface area contributed by atoms with E-state index in [1.54, 1.807) is 19.2 Å². The normalized spacial score (nSPS) is 12.0. The third-order valence-electron chi connectivity index (χ3n) is 2.79. The number of anilines is 4. The van der Waals surface area contributed by atoms with Crippen LogP contribution >= 0.6 is 11.6 Å². The summed E-state index contributed by atoms with van der Waals surface area (Å²) in [6.45, 7) is 2.54. The molecule has 6 nitrogen and oxygen atoms in total. The summed E-state index contributed by atoms with van der Waals surface area (Å²) in [5.41, 5.74) is 7.39. The van der Waals surface area contributed by atoms with Crippen LogP contribution in [0.15, 0.2) is 30.6 Å². The molecule has 4 N–H and O–H groups in total. The first-order chi connectivity index (χ1) is 10.1. The lowest BCUT2D eigenvalue weighted by Crippen LogP contribution is -2.22. The van der Waals surface area contributed by atoms with Gasteiger partial charge < -0.3 is 21.1 Å². The summed E-state index contributed by atoms with van der Waals surface area (Å²) in [6.07, 6.45) is 1.45. The third kappa shape index (κ3) is 4.21. The minimum absolute atomic E-state index is 0.0931. The Kier molecular flexibility index (Phi) is 5.19. The van der Waals surface area contributed by atoms with Crippen molar-refractivity contribution in [3.8, 4) is 0 Å². The number of nitrogens with zero attached hydrogens (tertiary/aromatic N) is 2. The first-order valence-corrected chi connectivity index (χ1v) is 6.86. The third-order valence-corrected chi connectivity index (χ3v) is 3.04. The second-order valence-corrected chi connectivity index (χ2v) is 5.05. The minimum Gasteiger partial charge on any atom is -0.393 e. The molecule has 112 valence electrons. The van der Waals surface area contributed by atoms with Gasteiger partial charge in [0.15, 0.2) is 11.6 Å². The summed E-state index contributed by atoms with van der Waals surface area (Å²) in [7, 11) is 1.65. The molecule has 0 radical (unpaired) electrons. The maximum absolute atomic E-state index is 6.09. The van der Waals surface area contributed by atoms with Gasteiger partial charge in [-0.1, -0.05) is 11.6 Å². The lowest BCUT2D eigenvalue weighted by molar-refractivity contribution is 0.190. The maximum Gasteiger partial charge on any atom is 0.159 e. The van der Waals surface area contributed by atoms with Gasteiger partial charge in [0.2, 0.25) is 0 Å². The van der Waals surface area contributed by atoms with Crippen molar-refractivity contribution in [2.45, 2.75) is 13.0 Å². The number of hydrogen-bond acceptors (Lipinski definition) is 6. The fraction of sp³-hybridized carbons (Fsp3) is 0.286. The van der Waals surface area contributed by atoms with Gasteiger partial charge in [0.1, 0.15) is 12.0 Å². The average molecular weight is 308 g/mol. The molecule has 0 fully saturated rings. The van der Waals surface area contributed by atoms with Crippen LogP contribution < -0.4 is 16.4 Å². The molecule has 0 bridgehead atoms. The zero-order valence-corrected chi connectivity index (χ0v) is 12.7. The Balaban J connectivity index is 2.15. The van der Waals surface area contributed by atoms with Crippen LogP contribution in [0.1, 0.15) is 6.92 Å². The van der Waals surface area contributed by atoms with Crippen LogP contribution in [0.4, 0.5) is 23.0 Å². The number of nitrogen functional groups attached to an aromatic ring is 1. The molecule has 2 rings (SSSR count). The van der Waals surface area contributed by atoms with Crippen molar-refractivity contribution in [2.24, 2.45) is 0 Å². The Morgan fingerprint density at radius 2 is 1.90 bits per heavy atom. The number of methoxy groups -OCH3 is 1. The van der Waals surface area contributed by atoms with Gasteiger partial charge in [0, 0.05) is 23.9 Å². The van der Waals surface area contributed by atoms with Crippen LogP contribution in [-0.4, -0.2) is 29.7 Å². The first-order valence-electron chi connectivity index (χ1n) is 6.48. The van der Waals surface area contributed by atoms with E-state index in [1.807, 2.05) is 19.1 Å². The zero-order chi connectivity index (χ0) is 15.2. The molecule has 1 heterocycles. The van der Waals surface area contributed by atoms with Gasteiger partial charge in [-0.15, -0.1) is 0 Å². The molecule has 0 amide bonds. The van der Waals surface area contributed by atoms with Gasteiger partial charge in [-0.05, 0) is 31.2 Å². The van der Waals surface area contributed by atoms with E-state index >= 15 is 0 Å². The largest absolute Gasteiger partial charge is 0.393 e. The lowest BCUT2D eigenvalue weighted by atomic mass is 10.3. The van der Waals surface area contributed by atoms with Crippen molar-refractivity contribution in [3.63, 3.8) is 0 Å². The van der Waals surface area contributed by atoms with Gasteiger partial charge in [-0.25, -0.2) is 9.97 Å². The fourth-order valence-electron chi connectivity index (χ4n) is 1.81. The second-order valence-electron chi connectivity index (χ2n) is 4.62. The summed E-state index contributed by atoms with van der Waals surface area (Å²) >= 11 is 5.86. The summed E-state index contributed by atoms with van der Waals surface area (Å²) < 4.78 is 5.08. The topological polar surface area (TPSA) is 85.1 Å². The second kappa shape index (κ2) is 7.10. The maximum atomic E-state index is 6.09. The standard InChI is InChI=1S/C14H18ClN5O/c1-9(7-21-2)19-13-12(16)14(18-8-17-13)20-11-5-3-10(15)4-6-11/h3-6,8-9H,7,16H2,1-2H3,(H2,17,18,19,20). The number of halogens is 1. The van der Waals surface area contributed by atoms with Gasteiger partial charge in [0.05, 0.1) is 6.61 Å². The van der Waals surface area contributed by atoms with Crippen molar-refractivity contribution in [3.05, 3.63) is 35.6 Å². The quantitative estimate of drug-likeness (QED) is 0.761. The smallest absolute Gasteiger partial charge is 0.159 e. The van der Waals surface area contributed by atoms with Crippen molar-refractivity contribution in [2.75, 3.05) is 30.1 Å². The highest BCUT2D eigenvalue weighted by atomic mass is 35.5. The first kappa shape index (κ1) is 15.3. The predicted molar refractivity (Wildman–Crippen MR) is 86.1 cm³/mol. The molecule has 1 unspecified atom stereocenters. The number of nitrogens with two attached hydrogens (primary N) is 1. The van der Waals surface area contributed by atoms with Crippen LogP contribution in [0, 0.1) is 0 Å². The zero-order valence-electron chi connectivity index (χ0n) is 11.9. The Morgan fingerprint density at radius 3 is 2.57 bits per heavy atom. The summed E-state index contributed by atoms with van der Waals surface area (Å²) in [5.74, 6) is 1.12. The van der Waals surface area contributed by atoms with Crippen molar-refractivity contribution in [1.82, 2.24) is 9.97 Å². The van der Waals surface area contributed by atoms with Crippen molar-refractivity contribution >= 4 is 34.6 Å². The number of aromatic nitrogens is 2. The number of benzene rings is 1. The molecule has 0 spiro atoms. The highest BCUT2D eigenvalue weighted by Crippen LogP contribution is 2.26. The molecule has 1 aromatic carbocycles. The molecule has 0 saturated heterocycles. The predicted octanol–water partition coefficient (Wildman–Crippen LogP) is 2.90. The molecule has 0 aliphatic rings. The summed E-state index contributed by atoms with van der Waals surface area (Å²) in [4.78, 5) is 8.31. The van der Waals surface area contributed by atoms with E-state index in [0.29, 0.717) is 29.0 Å². The molecular formula is C14H18ClN5O. The van der Waals surface area contributed by atoms with Crippen LogP contribution in [0.2, 0.25) is 5.02 Å². The van der Waals surface area contributed by atoms with Crippen LogP contribution in [0.5, 0.6) is 0 Å². The van der Waals surface area contributed by atoms with Gasteiger partial charge in [-0.2, -0.15) is 0 Å². The minimum atomic E-state index is 0.0931. The monoisotopic (exact) mass is 307 g/mol. The van der Waals surface area contributed by atoms with Gasteiger partial charge in [0.25, 0.3) is 0 Å². The van der Waals surface area contributed by atoms with Crippen LogP contribution in [0.25, 0.3) is 0 Å². The van der Waals surface area contributed by atoms with Crippen molar-refractivity contribution in [1.29, 1.82) is 0 Å². The Hall–Kier alpha value is -2.05. The molecule has 2 aromatic rings. The number of rotatable bonds is 6. The Labute approximate surface area is 128 Å². The van der Waals surface area contributed by atoms with E-state index in [4.69, 9.17) is 22.1 Å². The molecule has 0 aliphatic heterocycles. The van der Waals surface area contributed by atoms with Crippen LogP contribution in [0.3, 0.4) is 0 Å².